The molecular weight excluding hydrogens is 194 g/mol. The highest BCUT2D eigenvalue weighted by molar-refractivity contribution is 5.41. The number of benzene rings is 1. The fraction of sp³-hybridized carbons (Fsp3) is 0.600. The number of rotatable bonds is 0. The molecule has 0 saturated carbocycles. The second kappa shape index (κ2) is 3.10. The lowest BCUT2D eigenvalue weighted by Crippen LogP contribution is -2.46. The second-order valence-electron chi connectivity index (χ2n) is 6.29. The standard InChI is InChI=1S/C15H21N/c1-14(2,3)15-9-6-10-16(15)11-12-7-4-5-8-13(12)15/h4-5,7-8H,6,9-11H2,1-3H3. The van der Waals surface area contributed by atoms with Gasteiger partial charge >= 0.3 is 0 Å². The minimum atomic E-state index is 0.309. The number of hydrogen-bond acceptors (Lipinski definition) is 1. The van der Waals surface area contributed by atoms with Crippen LogP contribution < -0.4 is 0 Å². The molecule has 2 aliphatic heterocycles. The average molecular weight is 215 g/mol. The van der Waals surface area contributed by atoms with Gasteiger partial charge in [-0.1, -0.05) is 45.0 Å². The normalized spacial score (nSPS) is 29.2. The van der Waals surface area contributed by atoms with Gasteiger partial charge in [-0.3, -0.25) is 4.90 Å². The van der Waals surface area contributed by atoms with Crippen molar-refractivity contribution in [2.75, 3.05) is 6.54 Å². The Balaban J connectivity index is 2.21. The topological polar surface area (TPSA) is 3.24 Å². The molecular formula is C15H21N. The summed E-state index contributed by atoms with van der Waals surface area (Å²) in [4.78, 5) is 2.71. The first-order chi connectivity index (χ1) is 7.56. The van der Waals surface area contributed by atoms with E-state index in [0.29, 0.717) is 11.0 Å². The van der Waals surface area contributed by atoms with Crippen LogP contribution in [0.15, 0.2) is 24.3 Å². The van der Waals surface area contributed by atoms with Gasteiger partial charge in [0, 0.05) is 6.54 Å². The third kappa shape index (κ3) is 1.10. The predicted molar refractivity (Wildman–Crippen MR) is 67.2 cm³/mol. The van der Waals surface area contributed by atoms with Crippen molar-refractivity contribution < 1.29 is 0 Å². The Bertz CT molecular complexity index is 416. The molecule has 0 radical (unpaired) electrons. The number of fused-ring (bicyclic) bond motifs is 3. The van der Waals surface area contributed by atoms with Gasteiger partial charge in [0.05, 0.1) is 5.54 Å². The van der Waals surface area contributed by atoms with Crippen LogP contribution in [0.3, 0.4) is 0 Å². The zero-order valence-corrected chi connectivity index (χ0v) is 10.6. The van der Waals surface area contributed by atoms with E-state index in [9.17, 15) is 0 Å². The third-order valence-electron chi connectivity index (χ3n) is 4.57. The van der Waals surface area contributed by atoms with Crippen LogP contribution in [0.5, 0.6) is 0 Å². The van der Waals surface area contributed by atoms with E-state index in [1.165, 1.54) is 19.4 Å². The molecule has 1 fully saturated rings. The van der Waals surface area contributed by atoms with Crippen LogP contribution in [0.1, 0.15) is 44.7 Å². The van der Waals surface area contributed by atoms with Crippen molar-refractivity contribution in [2.24, 2.45) is 5.41 Å². The molecule has 0 N–H and O–H groups in total. The minimum absolute atomic E-state index is 0.309. The van der Waals surface area contributed by atoms with Crippen LogP contribution in [0.4, 0.5) is 0 Å². The first-order valence-electron chi connectivity index (χ1n) is 6.39. The monoisotopic (exact) mass is 215 g/mol. The summed E-state index contributed by atoms with van der Waals surface area (Å²) in [5.74, 6) is 0. The molecule has 1 aromatic carbocycles. The van der Waals surface area contributed by atoms with Gasteiger partial charge in [0.15, 0.2) is 0 Å². The lowest BCUT2D eigenvalue weighted by atomic mass is 9.68. The van der Waals surface area contributed by atoms with Crippen molar-refractivity contribution in [1.82, 2.24) is 4.90 Å². The van der Waals surface area contributed by atoms with Gasteiger partial charge in [-0.05, 0) is 35.9 Å². The maximum Gasteiger partial charge on any atom is 0.0515 e. The van der Waals surface area contributed by atoms with E-state index in [-0.39, 0.29) is 0 Å². The molecule has 1 heteroatoms. The van der Waals surface area contributed by atoms with E-state index in [1.54, 1.807) is 11.1 Å². The molecule has 0 aliphatic carbocycles. The van der Waals surface area contributed by atoms with Crippen molar-refractivity contribution in [3.8, 4) is 0 Å². The molecule has 2 heterocycles. The summed E-state index contributed by atoms with van der Waals surface area (Å²) < 4.78 is 0. The van der Waals surface area contributed by atoms with E-state index in [2.05, 4.69) is 49.9 Å². The highest BCUT2D eigenvalue weighted by atomic mass is 15.3. The van der Waals surface area contributed by atoms with Crippen LogP contribution in [0.25, 0.3) is 0 Å². The Morgan fingerprint density at radius 3 is 2.69 bits per heavy atom. The Morgan fingerprint density at radius 1 is 1.19 bits per heavy atom. The average Bonchev–Trinajstić information content (AvgIpc) is 2.72. The Labute approximate surface area is 98.5 Å². The van der Waals surface area contributed by atoms with Gasteiger partial charge in [0.25, 0.3) is 0 Å². The molecule has 16 heavy (non-hydrogen) atoms. The molecule has 1 nitrogen and oxygen atoms in total. The molecule has 1 atom stereocenters. The van der Waals surface area contributed by atoms with Crippen LogP contribution in [0.2, 0.25) is 0 Å². The summed E-state index contributed by atoms with van der Waals surface area (Å²) in [5, 5.41) is 0. The fourth-order valence-electron chi connectivity index (χ4n) is 3.91. The Morgan fingerprint density at radius 2 is 1.94 bits per heavy atom. The highest BCUT2D eigenvalue weighted by Gasteiger charge is 2.54. The summed E-state index contributed by atoms with van der Waals surface area (Å²) in [7, 11) is 0. The maximum atomic E-state index is 2.71. The summed E-state index contributed by atoms with van der Waals surface area (Å²) >= 11 is 0. The molecule has 0 amide bonds. The van der Waals surface area contributed by atoms with Gasteiger partial charge < -0.3 is 0 Å². The zero-order valence-electron chi connectivity index (χ0n) is 10.6. The molecule has 1 saturated heterocycles. The third-order valence-corrected chi connectivity index (χ3v) is 4.57. The molecule has 0 spiro atoms. The Hall–Kier alpha value is -0.820. The van der Waals surface area contributed by atoms with E-state index in [0.717, 1.165) is 6.54 Å². The van der Waals surface area contributed by atoms with Gasteiger partial charge in [0.2, 0.25) is 0 Å². The van der Waals surface area contributed by atoms with Crippen molar-refractivity contribution in [3.05, 3.63) is 35.4 Å². The lowest BCUT2D eigenvalue weighted by molar-refractivity contribution is 0.0368. The molecule has 1 unspecified atom stereocenters. The Kier molecular flexibility index (Phi) is 2.00. The summed E-state index contributed by atoms with van der Waals surface area (Å²) in [6.07, 6.45) is 2.68. The van der Waals surface area contributed by atoms with E-state index >= 15 is 0 Å². The quantitative estimate of drug-likeness (QED) is 0.640. The molecule has 1 aromatic rings. The maximum absolute atomic E-state index is 2.71. The van der Waals surface area contributed by atoms with E-state index < -0.39 is 0 Å². The van der Waals surface area contributed by atoms with Gasteiger partial charge in [-0.15, -0.1) is 0 Å². The molecule has 86 valence electrons. The largest absolute Gasteiger partial charge is 0.289 e. The van der Waals surface area contributed by atoms with Crippen molar-refractivity contribution >= 4 is 0 Å². The van der Waals surface area contributed by atoms with Crippen LogP contribution in [0, 0.1) is 5.41 Å². The van der Waals surface area contributed by atoms with Gasteiger partial charge in [-0.2, -0.15) is 0 Å². The predicted octanol–water partition coefficient (Wildman–Crippen LogP) is 3.54. The smallest absolute Gasteiger partial charge is 0.0515 e. The number of nitrogens with zero attached hydrogens (tertiary/aromatic N) is 1. The zero-order chi connectivity index (χ0) is 11.4. The van der Waals surface area contributed by atoms with Crippen LogP contribution in [-0.2, 0) is 12.1 Å². The molecule has 0 bridgehead atoms. The van der Waals surface area contributed by atoms with E-state index in [4.69, 9.17) is 0 Å². The first kappa shape index (κ1) is 10.3. The SMILES string of the molecule is CC(C)(C)C12CCCN1Cc1ccccc12. The fourth-order valence-corrected chi connectivity index (χ4v) is 3.91. The molecule has 2 aliphatic rings. The second-order valence-corrected chi connectivity index (χ2v) is 6.29. The molecule has 0 aromatic heterocycles. The van der Waals surface area contributed by atoms with Crippen molar-refractivity contribution in [3.63, 3.8) is 0 Å². The highest BCUT2D eigenvalue weighted by Crippen LogP contribution is 2.56. The van der Waals surface area contributed by atoms with Crippen LogP contribution >= 0.6 is 0 Å². The van der Waals surface area contributed by atoms with Crippen molar-refractivity contribution in [1.29, 1.82) is 0 Å². The summed E-state index contributed by atoms with van der Waals surface area (Å²) in [5.41, 5.74) is 3.79. The summed E-state index contributed by atoms with van der Waals surface area (Å²) in [6.45, 7) is 9.62. The number of hydrogen-bond donors (Lipinski definition) is 0. The van der Waals surface area contributed by atoms with Gasteiger partial charge in [-0.25, -0.2) is 0 Å². The first-order valence-corrected chi connectivity index (χ1v) is 6.39. The van der Waals surface area contributed by atoms with Gasteiger partial charge in [0.1, 0.15) is 0 Å². The van der Waals surface area contributed by atoms with E-state index in [1.807, 2.05) is 0 Å². The molecule has 3 rings (SSSR count). The minimum Gasteiger partial charge on any atom is -0.289 e. The lowest BCUT2D eigenvalue weighted by Gasteiger charge is -2.45. The van der Waals surface area contributed by atoms with Crippen molar-refractivity contribution in [2.45, 2.75) is 45.7 Å². The van der Waals surface area contributed by atoms with Crippen LogP contribution in [-0.4, -0.2) is 11.4 Å². The summed E-state index contributed by atoms with van der Waals surface area (Å²) in [6, 6.07) is 9.04.